The lowest BCUT2D eigenvalue weighted by Crippen LogP contribution is -2.05. The van der Waals surface area contributed by atoms with Gasteiger partial charge in [0.25, 0.3) is 0 Å². The lowest BCUT2D eigenvalue weighted by molar-refractivity contribution is 0.300. The monoisotopic (exact) mass is 313 g/mol. The van der Waals surface area contributed by atoms with Crippen LogP contribution in [-0.2, 0) is 6.61 Å². The fraction of sp³-hybridized carbons (Fsp3) is 0.200. The fourth-order valence-electron chi connectivity index (χ4n) is 1.71. The van der Waals surface area contributed by atoms with Crippen molar-refractivity contribution in [1.82, 2.24) is 0 Å². The van der Waals surface area contributed by atoms with Crippen LogP contribution in [0.4, 0.5) is 4.39 Å². The SMILES string of the molecule is C[C@@H](N)c1ccc(OCc2ccc(Cl)cc2F)c(Cl)c1. The van der Waals surface area contributed by atoms with Crippen molar-refractivity contribution in [2.75, 3.05) is 0 Å². The zero-order valence-electron chi connectivity index (χ0n) is 10.9. The zero-order chi connectivity index (χ0) is 14.7. The Morgan fingerprint density at radius 1 is 1.20 bits per heavy atom. The molecule has 0 fully saturated rings. The first-order valence-electron chi connectivity index (χ1n) is 6.09. The summed E-state index contributed by atoms with van der Waals surface area (Å²) < 4.78 is 19.1. The van der Waals surface area contributed by atoms with E-state index in [1.807, 2.05) is 13.0 Å². The summed E-state index contributed by atoms with van der Waals surface area (Å²) in [5.74, 6) is 0.0891. The van der Waals surface area contributed by atoms with Crippen LogP contribution < -0.4 is 10.5 Å². The Morgan fingerprint density at radius 2 is 1.95 bits per heavy atom. The minimum absolute atomic E-state index is 0.0836. The third kappa shape index (κ3) is 3.63. The van der Waals surface area contributed by atoms with Crippen molar-refractivity contribution in [1.29, 1.82) is 0 Å². The van der Waals surface area contributed by atoms with Crippen LogP contribution >= 0.6 is 23.2 Å². The Balaban J connectivity index is 2.11. The maximum absolute atomic E-state index is 13.6. The molecule has 2 nitrogen and oxygen atoms in total. The van der Waals surface area contributed by atoms with Crippen LogP contribution in [-0.4, -0.2) is 0 Å². The van der Waals surface area contributed by atoms with Gasteiger partial charge in [0.2, 0.25) is 0 Å². The molecule has 20 heavy (non-hydrogen) atoms. The van der Waals surface area contributed by atoms with Crippen LogP contribution in [0.25, 0.3) is 0 Å². The van der Waals surface area contributed by atoms with Gasteiger partial charge in [-0.25, -0.2) is 4.39 Å². The number of hydrogen-bond acceptors (Lipinski definition) is 2. The van der Waals surface area contributed by atoms with Gasteiger partial charge < -0.3 is 10.5 Å². The smallest absolute Gasteiger partial charge is 0.138 e. The number of halogens is 3. The molecule has 0 amide bonds. The molecule has 0 saturated heterocycles. The van der Waals surface area contributed by atoms with Gasteiger partial charge in [-0.1, -0.05) is 35.3 Å². The first-order valence-corrected chi connectivity index (χ1v) is 6.84. The average Bonchev–Trinajstić information content (AvgIpc) is 2.38. The van der Waals surface area contributed by atoms with Gasteiger partial charge in [0.1, 0.15) is 18.2 Å². The van der Waals surface area contributed by atoms with Crippen LogP contribution in [0.1, 0.15) is 24.1 Å². The molecule has 2 aromatic rings. The molecule has 0 bridgehead atoms. The zero-order valence-corrected chi connectivity index (χ0v) is 12.4. The molecule has 2 aromatic carbocycles. The second kappa shape index (κ2) is 6.44. The second-order valence-corrected chi connectivity index (χ2v) is 5.35. The molecule has 0 radical (unpaired) electrons. The van der Waals surface area contributed by atoms with Gasteiger partial charge in [-0.05, 0) is 36.8 Å². The minimum Gasteiger partial charge on any atom is -0.487 e. The van der Waals surface area contributed by atoms with Crippen molar-refractivity contribution in [3.8, 4) is 5.75 Å². The van der Waals surface area contributed by atoms with Crippen molar-refractivity contribution in [3.63, 3.8) is 0 Å². The Morgan fingerprint density at radius 3 is 2.55 bits per heavy atom. The molecule has 106 valence electrons. The molecule has 0 spiro atoms. The number of ether oxygens (including phenoxy) is 1. The normalized spacial score (nSPS) is 12.2. The lowest BCUT2D eigenvalue weighted by atomic mass is 10.1. The van der Waals surface area contributed by atoms with Crippen molar-refractivity contribution in [2.24, 2.45) is 5.73 Å². The first kappa shape index (κ1) is 15.1. The summed E-state index contributed by atoms with van der Waals surface area (Å²) >= 11 is 11.8. The van der Waals surface area contributed by atoms with E-state index in [4.69, 9.17) is 33.7 Å². The van der Waals surface area contributed by atoms with Gasteiger partial charge in [-0.15, -0.1) is 0 Å². The molecule has 5 heteroatoms. The Hall–Kier alpha value is -1.29. The van der Waals surface area contributed by atoms with E-state index in [-0.39, 0.29) is 12.6 Å². The fourth-order valence-corrected chi connectivity index (χ4v) is 2.11. The Bertz CT molecular complexity index is 617. The Kier molecular flexibility index (Phi) is 4.86. The van der Waals surface area contributed by atoms with E-state index in [9.17, 15) is 4.39 Å². The molecule has 2 rings (SSSR count). The molecule has 0 aliphatic heterocycles. The van der Waals surface area contributed by atoms with Gasteiger partial charge in [0, 0.05) is 16.6 Å². The molecule has 1 atom stereocenters. The second-order valence-electron chi connectivity index (χ2n) is 4.50. The number of hydrogen-bond donors (Lipinski definition) is 1. The van der Waals surface area contributed by atoms with E-state index in [2.05, 4.69) is 0 Å². The number of benzene rings is 2. The topological polar surface area (TPSA) is 35.2 Å². The van der Waals surface area contributed by atoms with Gasteiger partial charge in [-0.3, -0.25) is 0 Å². The maximum Gasteiger partial charge on any atom is 0.138 e. The quantitative estimate of drug-likeness (QED) is 0.885. The van der Waals surface area contributed by atoms with E-state index in [0.29, 0.717) is 21.4 Å². The maximum atomic E-state index is 13.6. The molecule has 0 saturated carbocycles. The van der Waals surface area contributed by atoms with E-state index in [1.165, 1.54) is 6.07 Å². The summed E-state index contributed by atoms with van der Waals surface area (Å²) in [4.78, 5) is 0. The molecular formula is C15H14Cl2FNO. The highest BCUT2D eigenvalue weighted by molar-refractivity contribution is 6.32. The highest BCUT2D eigenvalue weighted by Crippen LogP contribution is 2.28. The summed E-state index contributed by atoms with van der Waals surface area (Å²) in [6.45, 7) is 1.95. The molecule has 0 heterocycles. The van der Waals surface area contributed by atoms with E-state index < -0.39 is 5.82 Å². The minimum atomic E-state index is -0.402. The summed E-state index contributed by atoms with van der Waals surface area (Å²) in [6.07, 6.45) is 0. The predicted octanol–water partition coefficient (Wildman–Crippen LogP) is 4.73. The third-order valence-electron chi connectivity index (χ3n) is 2.88. The standard InChI is InChI=1S/C15H14Cl2FNO/c1-9(19)10-3-5-15(13(17)6-10)20-8-11-2-4-12(16)7-14(11)18/h2-7,9H,8,19H2,1H3/t9-/m1/s1. The van der Waals surface area contributed by atoms with Crippen LogP contribution in [0.5, 0.6) is 5.75 Å². The lowest BCUT2D eigenvalue weighted by Gasteiger charge is -2.11. The van der Waals surface area contributed by atoms with Crippen LogP contribution in [0, 0.1) is 5.82 Å². The molecule has 0 aliphatic rings. The van der Waals surface area contributed by atoms with Gasteiger partial charge in [0.05, 0.1) is 5.02 Å². The van der Waals surface area contributed by atoms with E-state index in [0.717, 1.165) is 5.56 Å². The number of nitrogens with two attached hydrogens (primary N) is 1. The van der Waals surface area contributed by atoms with Crippen molar-refractivity contribution < 1.29 is 9.13 Å². The van der Waals surface area contributed by atoms with Crippen LogP contribution in [0.3, 0.4) is 0 Å². The molecule has 0 unspecified atom stereocenters. The predicted molar refractivity (Wildman–Crippen MR) is 79.8 cm³/mol. The van der Waals surface area contributed by atoms with Gasteiger partial charge in [0.15, 0.2) is 0 Å². The largest absolute Gasteiger partial charge is 0.487 e. The highest BCUT2D eigenvalue weighted by atomic mass is 35.5. The summed E-state index contributed by atoms with van der Waals surface area (Å²) in [5.41, 5.74) is 7.11. The molecule has 0 aliphatic carbocycles. The molecule has 0 aromatic heterocycles. The van der Waals surface area contributed by atoms with Crippen LogP contribution in [0.2, 0.25) is 10.0 Å². The number of rotatable bonds is 4. The summed E-state index contributed by atoms with van der Waals surface area (Å²) in [6, 6.07) is 9.67. The van der Waals surface area contributed by atoms with Gasteiger partial charge in [-0.2, -0.15) is 0 Å². The summed E-state index contributed by atoms with van der Waals surface area (Å²) in [7, 11) is 0. The van der Waals surface area contributed by atoms with Crippen molar-refractivity contribution in [3.05, 3.63) is 63.4 Å². The van der Waals surface area contributed by atoms with E-state index in [1.54, 1.807) is 24.3 Å². The van der Waals surface area contributed by atoms with Gasteiger partial charge >= 0.3 is 0 Å². The van der Waals surface area contributed by atoms with Crippen LogP contribution in [0.15, 0.2) is 36.4 Å². The average molecular weight is 314 g/mol. The summed E-state index contributed by atoms with van der Waals surface area (Å²) in [5, 5.41) is 0.805. The Labute approximate surface area is 127 Å². The van der Waals surface area contributed by atoms with E-state index >= 15 is 0 Å². The van der Waals surface area contributed by atoms with Crippen molar-refractivity contribution in [2.45, 2.75) is 19.6 Å². The highest BCUT2D eigenvalue weighted by Gasteiger charge is 2.08. The molecular weight excluding hydrogens is 300 g/mol. The molecule has 2 N–H and O–H groups in total. The first-order chi connectivity index (χ1) is 9.47. The third-order valence-corrected chi connectivity index (χ3v) is 3.41. The van der Waals surface area contributed by atoms with Crippen molar-refractivity contribution >= 4 is 23.2 Å².